The number of carbonyl (C=O) groups excluding carboxylic acids is 1. The summed E-state index contributed by atoms with van der Waals surface area (Å²) in [7, 11) is -1.87. The fourth-order valence-corrected chi connectivity index (χ4v) is 7.55. The molecule has 3 aromatic heterocycles. The second-order valence-corrected chi connectivity index (χ2v) is 18.6. The van der Waals surface area contributed by atoms with E-state index >= 15 is 4.39 Å². The molecule has 244 valence electrons. The number of para-hydroxylation sites is 1. The molecule has 1 aliphatic rings. The van der Waals surface area contributed by atoms with Crippen LogP contribution in [0.2, 0.25) is 18.1 Å². The van der Waals surface area contributed by atoms with Crippen LogP contribution in [0.4, 0.5) is 15.9 Å². The minimum absolute atomic E-state index is 0.0572. The standard InChI is InChI=1S/C36H41FN6O3Si/c1-36(2,3)47(4,5)46-26-16-13-23(14-17-26)31-21-29(32-33(38)39-22-40-43(31)32)27-18-15-24(20-30(27)37)41-34(44)28-12-9-19-42(35(28)45)25-10-7-6-8-11-25/h6-12,15,18-23,26H,13-14,16-17H2,1-5H3,(H,41,44)(H2,38,39,40). The van der Waals surface area contributed by atoms with Crippen LogP contribution in [-0.2, 0) is 4.43 Å². The van der Waals surface area contributed by atoms with Gasteiger partial charge in [0.15, 0.2) is 14.1 Å². The second kappa shape index (κ2) is 12.5. The molecule has 3 heterocycles. The van der Waals surface area contributed by atoms with Gasteiger partial charge in [-0.1, -0.05) is 39.0 Å². The number of hydrogen-bond donors (Lipinski definition) is 2. The fraction of sp³-hybridized carbons (Fsp3) is 0.333. The molecular formula is C36H41FN6O3Si. The summed E-state index contributed by atoms with van der Waals surface area (Å²) in [6.07, 6.45) is 6.99. The molecule has 1 aliphatic carbocycles. The molecule has 1 saturated carbocycles. The Bertz CT molecular complexity index is 1990. The lowest BCUT2D eigenvalue weighted by Crippen LogP contribution is -2.44. The van der Waals surface area contributed by atoms with Crippen molar-refractivity contribution in [1.82, 2.24) is 19.2 Å². The van der Waals surface area contributed by atoms with Crippen LogP contribution in [0, 0.1) is 5.82 Å². The van der Waals surface area contributed by atoms with Crippen molar-refractivity contribution in [2.45, 2.75) is 76.6 Å². The van der Waals surface area contributed by atoms with Gasteiger partial charge in [-0.15, -0.1) is 0 Å². The van der Waals surface area contributed by atoms with E-state index in [9.17, 15) is 9.59 Å². The third kappa shape index (κ3) is 6.37. The maximum absolute atomic E-state index is 15.8. The Kier molecular flexibility index (Phi) is 8.62. The van der Waals surface area contributed by atoms with Crippen LogP contribution in [0.3, 0.4) is 0 Å². The van der Waals surface area contributed by atoms with Crippen molar-refractivity contribution < 1.29 is 13.6 Å². The molecule has 0 unspecified atom stereocenters. The number of nitrogen functional groups attached to an aromatic ring is 1. The minimum Gasteiger partial charge on any atom is -0.414 e. The number of carbonyl (C=O) groups is 1. The molecular weight excluding hydrogens is 612 g/mol. The lowest BCUT2D eigenvalue weighted by atomic mass is 9.85. The molecule has 0 bridgehead atoms. The van der Waals surface area contributed by atoms with Gasteiger partial charge in [0, 0.05) is 46.4 Å². The predicted octanol–water partition coefficient (Wildman–Crippen LogP) is 7.57. The van der Waals surface area contributed by atoms with Crippen molar-refractivity contribution in [3.8, 4) is 16.8 Å². The summed E-state index contributed by atoms with van der Waals surface area (Å²) in [5.74, 6) is -0.717. The van der Waals surface area contributed by atoms with Crippen LogP contribution < -0.4 is 16.6 Å². The van der Waals surface area contributed by atoms with Crippen LogP contribution in [0.5, 0.6) is 0 Å². The van der Waals surface area contributed by atoms with Gasteiger partial charge in [-0.05, 0) is 92.3 Å². The average Bonchev–Trinajstić information content (AvgIpc) is 3.42. The van der Waals surface area contributed by atoms with Gasteiger partial charge in [0.1, 0.15) is 23.2 Å². The summed E-state index contributed by atoms with van der Waals surface area (Å²) in [5.41, 5.74) is 9.08. The van der Waals surface area contributed by atoms with E-state index in [4.69, 9.17) is 10.2 Å². The molecule has 0 spiro atoms. The van der Waals surface area contributed by atoms with Crippen LogP contribution in [0.1, 0.15) is 68.4 Å². The maximum atomic E-state index is 15.8. The van der Waals surface area contributed by atoms with E-state index in [-0.39, 0.29) is 34.1 Å². The molecule has 1 amide bonds. The van der Waals surface area contributed by atoms with E-state index in [2.05, 4.69) is 49.3 Å². The first kappa shape index (κ1) is 32.3. The first-order chi connectivity index (χ1) is 22.3. The summed E-state index contributed by atoms with van der Waals surface area (Å²) in [5, 5.41) is 7.35. The Morgan fingerprint density at radius 3 is 2.40 bits per heavy atom. The van der Waals surface area contributed by atoms with Crippen LogP contribution in [-0.4, -0.2) is 39.5 Å². The van der Waals surface area contributed by atoms with Crippen molar-refractivity contribution >= 4 is 31.2 Å². The Morgan fingerprint density at radius 2 is 1.72 bits per heavy atom. The monoisotopic (exact) mass is 652 g/mol. The molecule has 3 N–H and O–H groups in total. The third-order valence-electron chi connectivity index (χ3n) is 9.71. The zero-order valence-corrected chi connectivity index (χ0v) is 28.5. The van der Waals surface area contributed by atoms with Gasteiger partial charge >= 0.3 is 0 Å². The van der Waals surface area contributed by atoms with Crippen LogP contribution in [0.25, 0.3) is 22.3 Å². The smallest absolute Gasteiger partial charge is 0.267 e. The number of aromatic nitrogens is 4. The number of hydrogen-bond acceptors (Lipinski definition) is 6. The summed E-state index contributed by atoms with van der Waals surface area (Å²) >= 11 is 0. The molecule has 0 saturated heterocycles. The number of fused-ring (bicyclic) bond motifs is 1. The van der Waals surface area contributed by atoms with Crippen molar-refractivity contribution in [3.05, 3.63) is 107 Å². The normalized spacial score (nSPS) is 17.1. The number of nitrogens with zero attached hydrogens (tertiary/aromatic N) is 4. The Morgan fingerprint density at radius 1 is 1.00 bits per heavy atom. The van der Waals surface area contributed by atoms with Crippen LogP contribution >= 0.6 is 0 Å². The number of amides is 1. The zero-order chi connectivity index (χ0) is 33.5. The Labute approximate surface area is 274 Å². The van der Waals surface area contributed by atoms with Gasteiger partial charge in [-0.25, -0.2) is 13.9 Å². The summed E-state index contributed by atoms with van der Waals surface area (Å²) in [6, 6.07) is 18.5. The summed E-state index contributed by atoms with van der Waals surface area (Å²) in [4.78, 5) is 30.5. The first-order valence-electron chi connectivity index (χ1n) is 16.0. The number of pyridine rings is 1. The van der Waals surface area contributed by atoms with E-state index in [1.54, 1.807) is 41.0 Å². The number of nitrogens with one attached hydrogen (secondary N) is 1. The highest BCUT2D eigenvalue weighted by molar-refractivity contribution is 6.74. The van der Waals surface area contributed by atoms with E-state index in [0.29, 0.717) is 22.3 Å². The number of anilines is 2. The van der Waals surface area contributed by atoms with Gasteiger partial charge in [0.05, 0.1) is 0 Å². The molecule has 6 rings (SSSR count). The fourth-order valence-electron chi connectivity index (χ4n) is 6.13. The third-order valence-corrected chi connectivity index (χ3v) is 14.2. The van der Waals surface area contributed by atoms with E-state index < -0.39 is 25.6 Å². The molecule has 0 aliphatic heterocycles. The highest BCUT2D eigenvalue weighted by Crippen LogP contribution is 2.43. The minimum atomic E-state index is -1.87. The van der Waals surface area contributed by atoms with Crippen molar-refractivity contribution in [2.24, 2.45) is 0 Å². The topological polar surface area (TPSA) is 117 Å². The van der Waals surface area contributed by atoms with Crippen molar-refractivity contribution in [2.75, 3.05) is 11.1 Å². The Balaban J connectivity index is 1.24. The van der Waals surface area contributed by atoms with Gasteiger partial charge in [-0.2, -0.15) is 5.10 Å². The lowest BCUT2D eigenvalue weighted by molar-refractivity contribution is 0.102. The maximum Gasteiger partial charge on any atom is 0.267 e. The van der Waals surface area contributed by atoms with Gasteiger partial charge in [-0.3, -0.25) is 14.2 Å². The zero-order valence-electron chi connectivity index (χ0n) is 27.5. The first-order valence-corrected chi connectivity index (χ1v) is 18.9. The summed E-state index contributed by atoms with van der Waals surface area (Å²) < 4.78 is 25.7. The number of nitrogens with two attached hydrogens (primary N) is 1. The van der Waals surface area contributed by atoms with Gasteiger partial charge < -0.3 is 15.5 Å². The predicted molar refractivity (Wildman–Crippen MR) is 186 cm³/mol. The van der Waals surface area contributed by atoms with E-state index in [0.717, 1.165) is 31.4 Å². The largest absolute Gasteiger partial charge is 0.414 e. The van der Waals surface area contributed by atoms with Gasteiger partial charge in [0.2, 0.25) is 0 Å². The summed E-state index contributed by atoms with van der Waals surface area (Å²) in [6.45, 7) is 11.4. The highest BCUT2D eigenvalue weighted by Gasteiger charge is 2.40. The van der Waals surface area contributed by atoms with E-state index in [1.165, 1.54) is 23.0 Å². The molecule has 5 aromatic rings. The average molecular weight is 653 g/mol. The molecule has 11 heteroatoms. The van der Waals surface area contributed by atoms with Gasteiger partial charge in [0.25, 0.3) is 11.5 Å². The van der Waals surface area contributed by atoms with Crippen LogP contribution in [0.15, 0.2) is 84.0 Å². The van der Waals surface area contributed by atoms with E-state index in [1.807, 2.05) is 24.3 Å². The molecule has 47 heavy (non-hydrogen) atoms. The number of halogens is 1. The Hall–Kier alpha value is -4.61. The van der Waals surface area contributed by atoms with Crippen molar-refractivity contribution in [1.29, 1.82) is 0 Å². The molecule has 0 atom stereocenters. The number of rotatable bonds is 7. The molecule has 2 aromatic carbocycles. The molecule has 1 fully saturated rings. The highest BCUT2D eigenvalue weighted by atomic mass is 28.4. The second-order valence-electron chi connectivity index (χ2n) is 13.8. The SMILES string of the molecule is CC(C)(C)[Si](C)(C)OC1CCC(c2cc(-c3ccc(NC(=O)c4cccn(-c5ccccc5)c4=O)cc3F)c3c(N)ncnn23)CC1. The van der Waals surface area contributed by atoms with Crippen molar-refractivity contribution in [3.63, 3.8) is 0 Å². The molecule has 0 radical (unpaired) electrons. The number of benzene rings is 2. The quantitative estimate of drug-likeness (QED) is 0.175. The molecule has 9 nitrogen and oxygen atoms in total. The lowest BCUT2D eigenvalue weighted by Gasteiger charge is -2.41.